The smallest absolute Gasteiger partial charge is 0.414 e. The summed E-state index contributed by atoms with van der Waals surface area (Å²) in [6.45, 7) is 5.62. The molecule has 1 aromatic heterocycles. The zero-order chi connectivity index (χ0) is 25.7. The molecule has 1 aliphatic rings. The Morgan fingerprint density at radius 2 is 1.75 bits per heavy atom. The molecule has 4 N–H and O–H groups in total. The van der Waals surface area contributed by atoms with Gasteiger partial charge in [-0.25, -0.2) is 9.78 Å². The standard InChI is InChI=1S/C26H31N5O5/c1-4-34-21-11-16(10-18-13-29-25(28)30-24(18)27)12-22(35-5-2)23(21)17-6-8-19(9-7-17)31-14-20(15-33-3)36-26(31)32/h6-9,11-13,20H,4-5,10,14-15H2,1-3H3,(H4,27,28,29,30)/t20-/m0/s1. The van der Waals surface area contributed by atoms with Crippen molar-refractivity contribution in [3.63, 3.8) is 0 Å². The Morgan fingerprint density at radius 3 is 2.33 bits per heavy atom. The highest BCUT2D eigenvalue weighted by atomic mass is 16.6. The van der Waals surface area contributed by atoms with Crippen LogP contribution in [0.2, 0.25) is 0 Å². The van der Waals surface area contributed by atoms with Crippen molar-refractivity contribution in [1.29, 1.82) is 0 Å². The number of cyclic esters (lactones) is 1. The van der Waals surface area contributed by atoms with Gasteiger partial charge in [0.1, 0.15) is 23.4 Å². The maximum absolute atomic E-state index is 12.3. The largest absolute Gasteiger partial charge is 0.493 e. The van der Waals surface area contributed by atoms with Crippen molar-refractivity contribution in [3.8, 4) is 22.6 Å². The minimum Gasteiger partial charge on any atom is -0.493 e. The first-order chi connectivity index (χ1) is 17.4. The van der Waals surface area contributed by atoms with E-state index in [-0.39, 0.29) is 18.1 Å². The predicted molar refractivity (Wildman–Crippen MR) is 137 cm³/mol. The summed E-state index contributed by atoms with van der Waals surface area (Å²) in [6, 6.07) is 11.6. The van der Waals surface area contributed by atoms with Crippen molar-refractivity contribution in [2.24, 2.45) is 0 Å². The average Bonchev–Trinajstić information content (AvgIpc) is 3.22. The Balaban J connectivity index is 1.67. The third-order valence-electron chi connectivity index (χ3n) is 5.73. The van der Waals surface area contributed by atoms with Crippen LogP contribution in [0.15, 0.2) is 42.6 Å². The van der Waals surface area contributed by atoms with Gasteiger partial charge in [-0.3, -0.25) is 4.90 Å². The minimum absolute atomic E-state index is 0.136. The van der Waals surface area contributed by atoms with E-state index < -0.39 is 0 Å². The number of nitrogen functional groups attached to an aromatic ring is 2. The van der Waals surface area contributed by atoms with Gasteiger partial charge in [0.05, 0.1) is 31.9 Å². The summed E-state index contributed by atoms with van der Waals surface area (Å²) in [6.07, 6.45) is 1.45. The fourth-order valence-corrected chi connectivity index (χ4v) is 4.17. The van der Waals surface area contributed by atoms with Crippen LogP contribution in [0.4, 0.5) is 22.2 Å². The van der Waals surface area contributed by atoms with E-state index in [1.54, 1.807) is 18.2 Å². The Morgan fingerprint density at radius 1 is 1.08 bits per heavy atom. The molecule has 36 heavy (non-hydrogen) atoms. The molecule has 3 aromatic rings. The van der Waals surface area contributed by atoms with E-state index in [0.29, 0.717) is 50.1 Å². The van der Waals surface area contributed by atoms with Gasteiger partial charge in [0.2, 0.25) is 5.95 Å². The molecule has 0 saturated carbocycles. The van der Waals surface area contributed by atoms with Crippen LogP contribution in [-0.4, -0.2) is 55.6 Å². The molecule has 0 aliphatic carbocycles. The number of aromatic nitrogens is 2. The fraction of sp³-hybridized carbons (Fsp3) is 0.346. The Bertz CT molecular complexity index is 1190. The number of amides is 1. The van der Waals surface area contributed by atoms with Crippen LogP contribution in [-0.2, 0) is 15.9 Å². The van der Waals surface area contributed by atoms with Crippen LogP contribution in [0.25, 0.3) is 11.1 Å². The van der Waals surface area contributed by atoms with E-state index in [4.69, 9.17) is 30.4 Å². The Hall–Kier alpha value is -4.05. The summed E-state index contributed by atoms with van der Waals surface area (Å²) in [5, 5.41) is 0. The lowest BCUT2D eigenvalue weighted by molar-refractivity contribution is 0.0718. The Labute approximate surface area is 210 Å². The van der Waals surface area contributed by atoms with E-state index in [2.05, 4.69) is 9.97 Å². The number of hydrogen-bond acceptors (Lipinski definition) is 9. The molecule has 1 fully saturated rings. The van der Waals surface area contributed by atoms with Crippen molar-refractivity contribution in [3.05, 3.63) is 53.7 Å². The second kappa shape index (κ2) is 11.1. The second-order valence-corrected chi connectivity index (χ2v) is 8.27. The Kier molecular flexibility index (Phi) is 7.74. The maximum atomic E-state index is 12.3. The number of nitrogens with zero attached hydrogens (tertiary/aromatic N) is 3. The van der Waals surface area contributed by atoms with Crippen LogP contribution in [0, 0.1) is 0 Å². The van der Waals surface area contributed by atoms with E-state index in [0.717, 1.165) is 27.9 Å². The number of benzene rings is 2. The number of ether oxygens (including phenoxy) is 4. The van der Waals surface area contributed by atoms with E-state index >= 15 is 0 Å². The molecule has 10 heteroatoms. The first-order valence-electron chi connectivity index (χ1n) is 11.8. The molecule has 4 rings (SSSR count). The highest BCUT2D eigenvalue weighted by Crippen LogP contribution is 2.41. The topological polar surface area (TPSA) is 135 Å². The zero-order valence-corrected chi connectivity index (χ0v) is 20.7. The molecule has 1 amide bonds. The number of methoxy groups -OCH3 is 1. The highest BCUT2D eigenvalue weighted by Gasteiger charge is 2.32. The predicted octanol–water partition coefficient (Wildman–Crippen LogP) is 3.67. The summed E-state index contributed by atoms with van der Waals surface area (Å²) in [5.41, 5.74) is 15.8. The molecule has 2 heterocycles. The molecule has 0 spiro atoms. The summed E-state index contributed by atoms with van der Waals surface area (Å²) < 4.78 is 22.5. The third kappa shape index (κ3) is 5.44. The van der Waals surface area contributed by atoms with Gasteiger partial charge in [-0.05, 0) is 49.2 Å². The van der Waals surface area contributed by atoms with Gasteiger partial charge in [-0.15, -0.1) is 0 Å². The van der Waals surface area contributed by atoms with Gasteiger partial charge < -0.3 is 30.4 Å². The number of carbonyl (C=O) groups is 1. The molecule has 190 valence electrons. The van der Waals surface area contributed by atoms with Gasteiger partial charge in [0.25, 0.3) is 0 Å². The number of nitrogens with two attached hydrogens (primary N) is 2. The minimum atomic E-state index is -0.384. The highest BCUT2D eigenvalue weighted by molar-refractivity contribution is 5.90. The normalized spacial score (nSPS) is 15.1. The zero-order valence-electron chi connectivity index (χ0n) is 20.7. The SMILES string of the molecule is CCOc1cc(Cc2cnc(N)nc2N)cc(OCC)c1-c1ccc(N2C[C@@H](COC)OC2=O)cc1. The van der Waals surface area contributed by atoms with Crippen molar-refractivity contribution in [2.75, 3.05) is 49.8 Å². The summed E-state index contributed by atoms with van der Waals surface area (Å²) in [4.78, 5) is 22.0. The maximum Gasteiger partial charge on any atom is 0.414 e. The molecule has 0 bridgehead atoms. The number of rotatable bonds is 10. The number of hydrogen-bond donors (Lipinski definition) is 2. The average molecular weight is 494 g/mol. The van der Waals surface area contributed by atoms with E-state index in [1.807, 2.05) is 50.2 Å². The first-order valence-corrected chi connectivity index (χ1v) is 11.8. The van der Waals surface area contributed by atoms with E-state index in [9.17, 15) is 4.79 Å². The molecule has 1 saturated heterocycles. The molecule has 0 radical (unpaired) electrons. The molecule has 1 aliphatic heterocycles. The molecular weight excluding hydrogens is 462 g/mol. The monoisotopic (exact) mass is 493 g/mol. The summed E-state index contributed by atoms with van der Waals surface area (Å²) >= 11 is 0. The van der Waals surface area contributed by atoms with Crippen LogP contribution in [0.1, 0.15) is 25.0 Å². The van der Waals surface area contributed by atoms with Crippen LogP contribution < -0.4 is 25.8 Å². The number of carbonyl (C=O) groups excluding carboxylic acids is 1. The lowest BCUT2D eigenvalue weighted by atomic mass is 9.98. The molecule has 2 aromatic carbocycles. The van der Waals surface area contributed by atoms with Crippen LogP contribution >= 0.6 is 0 Å². The third-order valence-corrected chi connectivity index (χ3v) is 5.73. The molecule has 1 atom stereocenters. The van der Waals surface area contributed by atoms with Crippen molar-refractivity contribution >= 4 is 23.5 Å². The molecule has 0 unspecified atom stereocenters. The van der Waals surface area contributed by atoms with Gasteiger partial charge in [0.15, 0.2) is 0 Å². The lowest BCUT2D eigenvalue weighted by Crippen LogP contribution is -2.25. The van der Waals surface area contributed by atoms with Crippen molar-refractivity contribution in [1.82, 2.24) is 9.97 Å². The quantitative estimate of drug-likeness (QED) is 0.434. The van der Waals surface area contributed by atoms with Gasteiger partial charge >= 0.3 is 6.09 Å². The van der Waals surface area contributed by atoms with Crippen molar-refractivity contribution in [2.45, 2.75) is 26.4 Å². The first kappa shape index (κ1) is 25.1. The lowest BCUT2D eigenvalue weighted by Gasteiger charge is -2.19. The van der Waals surface area contributed by atoms with Crippen LogP contribution in [0.3, 0.4) is 0 Å². The van der Waals surface area contributed by atoms with Crippen molar-refractivity contribution < 1.29 is 23.7 Å². The summed E-state index contributed by atoms with van der Waals surface area (Å²) in [5.74, 6) is 1.84. The van der Waals surface area contributed by atoms with Gasteiger partial charge in [0, 0.05) is 31.0 Å². The van der Waals surface area contributed by atoms with Gasteiger partial charge in [-0.1, -0.05) is 12.1 Å². The summed E-state index contributed by atoms with van der Waals surface area (Å²) in [7, 11) is 1.58. The molecular formula is C26H31N5O5. The van der Waals surface area contributed by atoms with E-state index in [1.165, 1.54) is 0 Å². The van der Waals surface area contributed by atoms with Crippen LogP contribution in [0.5, 0.6) is 11.5 Å². The van der Waals surface area contributed by atoms with Gasteiger partial charge in [-0.2, -0.15) is 4.98 Å². The number of anilines is 3. The molecule has 10 nitrogen and oxygen atoms in total. The second-order valence-electron chi connectivity index (χ2n) is 8.27. The fourth-order valence-electron chi connectivity index (χ4n) is 4.17.